The minimum absolute atomic E-state index is 0.372. The van der Waals surface area contributed by atoms with E-state index in [2.05, 4.69) is 20.6 Å². The van der Waals surface area contributed by atoms with Crippen molar-refractivity contribution in [3.8, 4) is 0 Å². The van der Waals surface area contributed by atoms with Gasteiger partial charge in [0, 0.05) is 6.20 Å². The first-order chi connectivity index (χ1) is 8.92. The Bertz CT molecular complexity index is 487. The zero-order valence-corrected chi connectivity index (χ0v) is 10.3. The standard InChI is InChI=1S/C13H17N5/c1-3-7-14-11(5-1)9-18-10-13(16-17-18)12-6-2-4-8-15-12/h1,3,5,7,10,12,15H,2,4,6,8-9H2. The van der Waals surface area contributed by atoms with E-state index in [0.717, 1.165) is 24.4 Å². The summed E-state index contributed by atoms with van der Waals surface area (Å²) < 4.78 is 1.86. The van der Waals surface area contributed by atoms with Gasteiger partial charge >= 0.3 is 0 Å². The molecule has 1 unspecified atom stereocenters. The second kappa shape index (κ2) is 5.27. The Labute approximate surface area is 106 Å². The lowest BCUT2D eigenvalue weighted by Gasteiger charge is -2.20. The van der Waals surface area contributed by atoms with Gasteiger partial charge < -0.3 is 5.32 Å². The summed E-state index contributed by atoms with van der Waals surface area (Å²) in [7, 11) is 0. The van der Waals surface area contributed by atoms with Crippen LogP contribution in [0.15, 0.2) is 30.6 Å². The fourth-order valence-corrected chi connectivity index (χ4v) is 2.31. The van der Waals surface area contributed by atoms with Gasteiger partial charge in [-0.05, 0) is 31.5 Å². The Morgan fingerprint density at radius 3 is 3.11 bits per heavy atom. The summed E-state index contributed by atoms with van der Waals surface area (Å²) >= 11 is 0. The van der Waals surface area contributed by atoms with E-state index in [9.17, 15) is 0 Å². The minimum Gasteiger partial charge on any atom is -0.309 e. The highest BCUT2D eigenvalue weighted by Gasteiger charge is 2.17. The summed E-state index contributed by atoms with van der Waals surface area (Å²) in [6.07, 6.45) is 7.51. The molecule has 1 N–H and O–H groups in total. The fourth-order valence-electron chi connectivity index (χ4n) is 2.31. The van der Waals surface area contributed by atoms with Crippen LogP contribution in [0, 0.1) is 0 Å². The van der Waals surface area contributed by atoms with Crippen molar-refractivity contribution < 1.29 is 0 Å². The largest absolute Gasteiger partial charge is 0.309 e. The van der Waals surface area contributed by atoms with Crippen molar-refractivity contribution in [2.24, 2.45) is 0 Å². The van der Waals surface area contributed by atoms with Gasteiger partial charge in [-0.1, -0.05) is 17.7 Å². The van der Waals surface area contributed by atoms with Gasteiger partial charge in [0.1, 0.15) is 0 Å². The van der Waals surface area contributed by atoms with Crippen LogP contribution in [0.1, 0.15) is 36.7 Å². The van der Waals surface area contributed by atoms with Gasteiger partial charge in [0.25, 0.3) is 0 Å². The Balaban J connectivity index is 1.69. The van der Waals surface area contributed by atoms with E-state index in [1.165, 1.54) is 12.8 Å². The second-order valence-electron chi connectivity index (χ2n) is 4.66. The molecule has 0 spiro atoms. The molecule has 1 aliphatic rings. The molecular formula is C13H17N5. The molecule has 3 rings (SSSR count). The van der Waals surface area contributed by atoms with Gasteiger partial charge in [-0.15, -0.1) is 5.10 Å². The highest BCUT2D eigenvalue weighted by molar-refractivity contribution is 5.06. The average Bonchev–Trinajstić information content (AvgIpc) is 2.89. The van der Waals surface area contributed by atoms with Crippen LogP contribution in [0.4, 0.5) is 0 Å². The third-order valence-electron chi connectivity index (χ3n) is 3.27. The molecule has 1 atom stereocenters. The molecular weight excluding hydrogens is 226 g/mol. The molecule has 2 aromatic rings. The molecule has 0 saturated carbocycles. The van der Waals surface area contributed by atoms with Crippen molar-refractivity contribution in [1.29, 1.82) is 0 Å². The molecule has 5 heteroatoms. The predicted octanol–water partition coefficient (Wildman–Crippen LogP) is 1.54. The summed E-state index contributed by atoms with van der Waals surface area (Å²) in [6, 6.07) is 6.28. The van der Waals surface area contributed by atoms with Crippen LogP contribution in [-0.2, 0) is 6.54 Å². The number of aromatic nitrogens is 4. The van der Waals surface area contributed by atoms with Gasteiger partial charge in [-0.2, -0.15) is 0 Å². The van der Waals surface area contributed by atoms with Crippen LogP contribution in [0.25, 0.3) is 0 Å². The Kier molecular flexibility index (Phi) is 3.32. The lowest BCUT2D eigenvalue weighted by molar-refractivity contribution is 0.405. The second-order valence-corrected chi connectivity index (χ2v) is 4.66. The van der Waals surface area contributed by atoms with E-state index in [0.29, 0.717) is 12.6 Å². The maximum atomic E-state index is 4.29. The van der Waals surface area contributed by atoms with Crippen molar-refractivity contribution in [3.05, 3.63) is 42.0 Å². The van der Waals surface area contributed by atoms with E-state index in [1.54, 1.807) is 6.20 Å². The number of hydrogen-bond donors (Lipinski definition) is 1. The first-order valence-electron chi connectivity index (χ1n) is 6.45. The lowest BCUT2D eigenvalue weighted by Crippen LogP contribution is -2.27. The highest BCUT2D eigenvalue weighted by Crippen LogP contribution is 2.20. The van der Waals surface area contributed by atoms with Crippen LogP contribution >= 0.6 is 0 Å². The maximum Gasteiger partial charge on any atom is 0.0996 e. The molecule has 5 nitrogen and oxygen atoms in total. The third kappa shape index (κ3) is 2.56. The van der Waals surface area contributed by atoms with Crippen LogP contribution in [0.3, 0.4) is 0 Å². The molecule has 0 aromatic carbocycles. The number of piperidine rings is 1. The number of rotatable bonds is 3. The molecule has 18 heavy (non-hydrogen) atoms. The molecule has 0 aliphatic carbocycles. The Hall–Kier alpha value is -1.75. The van der Waals surface area contributed by atoms with Gasteiger partial charge in [0.15, 0.2) is 0 Å². The van der Waals surface area contributed by atoms with E-state index in [4.69, 9.17) is 0 Å². The van der Waals surface area contributed by atoms with Gasteiger partial charge in [0.05, 0.1) is 30.2 Å². The minimum atomic E-state index is 0.372. The van der Waals surface area contributed by atoms with Crippen molar-refractivity contribution in [2.45, 2.75) is 31.8 Å². The number of pyridine rings is 1. The Morgan fingerprint density at radius 2 is 2.33 bits per heavy atom. The van der Waals surface area contributed by atoms with Crippen LogP contribution in [-0.4, -0.2) is 26.5 Å². The van der Waals surface area contributed by atoms with Crippen molar-refractivity contribution >= 4 is 0 Å². The van der Waals surface area contributed by atoms with Crippen molar-refractivity contribution in [2.75, 3.05) is 6.54 Å². The monoisotopic (exact) mass is 243 g/mol. The van der Waals surface area contributed by atoms with Crippen molar-refractivity contribution in [3.63, 3.8) is 0 Å². The van der Waals surface area contributed by atoms with Crippen LogP contribution in [0.5, 0.6) is 0 Å². The lowest BCUT2D eigenvalue weighted by atomic mass is 10.0. The summed E-state index contributed by atoms with van der Waals surface area (Å²) in [6.45, 7) is 1.76. The smallest absolute Gasteiger partial charge is 0.0996 e. The molecule has 0 amide bonds. The summed E-state index contributed by atoms with van der Waals surface area (Å²) in [4.78, 5) is 4.29. The first-order valence-corrected chi connectivity index (χ1v) is 6.45. The molecule has 3 heterocycles. The van der Waals surface area contributed by atoms with Gasteiger partial charge in [-0.25, -0.2) is 4.68 Å². The molecule has 0 bridgehead atoms. The number of nitrogens with one attached hydrogen (secondary N) is 1. The topological polar surface area (TPSA) is 55.6 Å². The van der Waals surface area contributed by atoms with E-state index < -0.39 is 0 Å². The maximum absolute atomic E-state index is 4.29. The molecule has 0 radical (unpaired) electrons. The summed E-state index contributed by atoms with van der Waals surface area (Å²) in [5.41, 5.74) is 2.05. The average molecular weight is 243 g/mol. The fraction of sp³-hybridized carbons (Fsp3) is 0.462. The summed E-state index contributed by atoms with van der Waals surface area (Å²) in [5.74, 6) is 0. The van der Waals surface area contributed by atoms with E-state index in [-0.39, 0.29) is 0 Å². The molecule has 1 saturated heterocycles. The molecule has 1 fully saturated rings. The Morgan fingerprint density at radius 1 is 1.33 bits per heavy atom. The predicted molar refractivity (Wildman–Crippen MR) is 68.0 cm³/mol. The molecule has 1 aliphatic heterocycles. The van der Waals surface area contributed by atoms with Crippen LogP contribution in [0.2, 0.25) is 0 Å². The molecule has 94 valence electrons. The summed E-state index contributed by atoms with van der Waals surface area (Å²) in [5, 5.41) is 11.9. The van der Waals surface area contributed by atoms with Gasteiger partial charge in [0.2, 0.25) is 0 Å². The normalized spacial score (nSPS) is 19.9. The van der Waals surface area contributed by atoms with Gasteiger partial charge in [-0.3, -0.25) is 4.98 Å². The quantitative estimate of drug-likeness (QED) is 0.888. The van der Waals surface area contributed by atoms with Crippen molar-refractivity contribution in [1.82, 2.24) is 25.3 Å². The van der Waals surface area contributed by atoms with E-state index in [1.807, 2.05) is 29.1 Å². The zero-order chi connectivity index (χ0) is 12.2. The number of nitrogens with zero attached hydrogens (tertiary/aromatic N) is 4. The zero-order valence-electron chi connectivity index (χ0n) is 10.3. The molecule has 2 aromatic heterocycles. The highest BCUT2D eigenvalue weighted by atomic mass is 15.4. The first kappa shape index (κ1) is 11.3. The van der Waals surface area contributed by atoms with E-state index >= 15 is 0 Å². The number of hydrogen-bond acceptors (Lipinski definition) is 4. The van der Waals surface area contributed by atoms with Crippen LogP contribution < -0.4 is 5.32 Å². The third-order valence-corrected chi connectivity index (χ3v) is 3.27. The SMILES string of the molecule is c1ccc(Cn2cc(C3CCCCN3)nn2)nc1.